The van der Waals surface area contributed by atoms with Crippen LogP contribution >= 0.6 is 0 Å². The topological polar surface area (TPSA) is 23.5 Å². The Bertz CT molecular complexity index is 109. The number of aliphatic hydroxyl groups is 1. The van der Waals surface area contributed by atoms with E-state index < -0.39 is 0 Å². The van der Waals surface area contributed by atoms with E-state index in [0.29, 0.717) is 18.7 Å². The van der Waals surface area contributed by atoms with Crippen molar-refractivity contribution in [2.75, 3.05) is 13.2 Å². The number of nitrogens with zero attached hydrogens (tertiary/aromatic N) is 1. The molecule has 0 bridgehead atoms. The van der Waals surface area contributed by atoms with Gasteiger partial charge in [0.1, 0.15) is 0 Å². The van der Waals surface area contributed by atoms with Gasteiger partial charge in [0.15, 0.2) is 0 Å². The third-order valence-corrected chi connectivity index (χ3v) is 2.58. The first-order chi connectivity index (χ1) is 6.17. The van der Waals surface area contributed by atoms with Crippen molar-refractivity contribution in [2.45, 2.75) is 59.0 Å². The van der Waals surface area contributed by atoms with Crippen molar-refractivity contribution in [3.8, 4) is 0 Å². The predicted octanol–water partition coefficient (Wildman–Crippen LogP) is 2.27. The largest absolute Gasteiger partial charge is 0.396 e. The van der Waals surface area contributed by atoms with Crippen LogP contribution in [0.1, 0.15) is 47.0 Å². The summed E-state index contributed by atoms with van der Waals surface area (Å²) >= 11 is 0. The van der Waals surface area contributed by atoms with E-state index >= 15 is 0 Å². The normalized spacial score (nSPS) is 14.1. The van der Waals surface area contributed by atoms with E-state index in [9.17, 15) is 0 Å². The molecule has 0 amide bonds. The molecular weight excluding hydrogens is 162 g/mol. The Morgan fingerprint density at radius 2 is 1.77 bits per heavy atom. The van der Waals surface area contributed by atoms with Crippen LogP contribution in [-0.4, -0.2) is 35.2 Å². The molecule has 1 unspecified atom stereocenters. The molecule has 0 radical (unpaired) electrons. The van der Waals surface area contributed by atoms with E-state index in [1.54, 1.807) is 0 Å². The average molecular weight is 187 g/mol. The van der Waals surface area contributed by atoms with Gasteiger partial charge in [0, 0.05) is 18.7 Å². The van der Waals surface area contributed by atoms with Gasteiger partial charge in [0.2, 0.25) is 0 Å². The van der Waals surface area contributed by atoms with Crippen LogP contribution in [0.15, 0.2) is 0 Å². The van der Waals surface area contributed by atoms with Crippen LogP contribution in [0, 0.1) is 0 Å². The van der Waals surface area contributed by atoms with Crippen LogP contribution in [0.2, 0.25) is 0 Å². The third kappa shape index (κ3) is 4.63. The van der Waals surface area contributed by atoms with Gasteiger partial charge < -0.3 is 5.11 Å². The fourth-order valence-electron chi connectivity index (χ4n) is 2.00. The summed E-state index contributed by atoms with van der Waals surface area (Å²) in [5, 5.41) is 8.96. The maximum Gasteiger partial charge on any atom is 0.0445 e. The van der Waals surface area contributed by atoms with E-state index in [4.69, 9.17) is 5.11 Å². The first kappa shape index (κ1) is 12.9. The van der Waals surface area contributed by atoms with Gasteiger partial charge in [-0.1, -0.05) is 20.3 Å². The van der Waals surface area contributed by atoms with Gasteiger partial charge in [-0.2, -0.15) is 0 Å². The zero-order valence-electron chi connectivity index (χ0n) is 9.58. The number of aliphatic hydroxyl groups excluding tert-OH is 1. The van der Waals surface area contributed by atoms with Crippen LogP contribution in [0.4, 0.5) is 0 Å². The zero-order valence-corrected chi connectivity index (χ0v) is 9.58. The molecule has 13 heavy (non-hydrogen) atoms. The Morgan fingerprint density at radius 3 is 2.08 bits per heavy atom. The molecule has 0 aromatic heterocycles. The summed E-state index contributed by atoms with van der Waals surface area (Å²) in [6, 6.07) is 1.16. The summed E-state index contributed by atoms with van der Waals surface area (Å²) in [5.41, 5.74) is 0. The fourth-order valence-corrected chi connectivity index (χ4v) is 2.00. The Balaban J connectivity index is 4.11. The van der Waals surface area contributed by atoms with Crippen LogP contribution in [0.25, 0.3) is 0 Å². The lowest BCUT2D eigenvalue weighted by molar-refractivity contribution is 0.123. The zero-order chi connectivity index (χ0) is 10.3. The van der Waals surface area contributed by atoms with Crippen molar-refractivity contribution in [2.24, 2.45) is 0 Å². The molecule has 0 saturated carbocycles. The highest BCUT2D eigenvalue weighted by molar-refractivity contribution is 4.73. The maximum absolute atomic E-state index is 8.96. The number of rotatable bonds is 7. The summed E-state index contributed by atoms with van der Waals surface area (Å²) < 4.78 is 0. The van der Waals surface area contributed by atoms with E-state index in [0.717, 1.165) is 13.0 Å². The van der Waals surface area contributed by atoms with Crippen molar-refractivity contribution in [1.82, 2.24) is 4.90 Å². The van der Waals surface area contributed by atoms with Gasteiger partial charge >= 0.3 is 0 Å². The summed E-state index contributed by atoms with van der Waals surface area (Å²) in [7, 11) is 0. The smallest absolute Gasteiger partial charge is 0.0445 e. The molecule has 0 aliphatic heterocycles. The molecule has 1 atom stereocenters. The van der Waals surface area contributed by atoms with E-state index in [1.165, 1.54) is 12.8 Å². The molecule has 0 aliphatic rings. The molecule has 0 spiro atoms. The minimum atomic E-state index is 0.313. The van der Waals surface area contributed by atoms with Gasteiger partial charge in [0.05, 0.1) is 0 Å². The van der Waals surface area contributed by atoms with Gasteiger partial charge in [-0.15, -0.1) is 0 Å². The molecule has 0 saturated heterocycles. The van der Waals surface area contributed by atoms with Gasteiger partial charge in [-0.3, -0.25) is 4.90 Å². The standard InChI is InChI=1S/C11H25NO/c1-5-7-11(8-9-13)12(6-2)10(3)4/h10-11,13H,5-9H2,1-4H3. The van der Waals surface area contributed by atoms with E-state index in [1.807, 2.05) is 0 Å². The molecule has 0 aliphatic carbocycles. The Kier molecular flexibility index (Phi) is 7.29. The molecule has 80 valence electrons. The van der Waals surface area contributed by atoms with Crippen molar-refractivity contribution >= 4 is 0 Å². The molecule has 0 heterocycles. The maximum atomic E-state index is 8.96. The second-order valence-electron chi connectivity index (χ2n) is 3.88. The molecule has 0 fully saturated rings. The van der Waals surface area contributed by atoms with Crippen LogP contribution < -0.4 is 0 Å². The summed E-state index contributed by atoms with van der Waals surface area (Å²) in [6.45, 7) is 10.3. The van der Waals surface area contributed by atoms with Crippen LogP contribution in [0.5, 0.6) is 0 Å². The third-order valence-electron chi connectivity index (χ3n) is 2.58. The van der Waals surface area contributed by atoms with Crippen molar-refractivity contribution in [3.63, 3.8) is 0 Å². The Morgan fingerprint density at radius 1 is 1.15 bits per heavy atom. The van der Waals surface area contributed by atoms with Crippen molar-refractivity contribution in [1.29, 1.82) is 0 Å². The van der Waals surface area contributed by atoms with Gasteiger partial charge in [-0.25, -0.2) is 0 Å². The molecule has 2 nitrogen and oxygen atoms in total. The molecule has 0 aromatic rings. The lowest BCUT2D eigenvalue weighted by atomic mass is 10.1. The SMILES string of the molecule is CCCC(CCO)N(CC)C(C)C. The van der Waals surface area contributed by atoms with Gasteiger partial charge in [-0.05, 0) is 33.2 Å². The lowest BCUT2D eigenvalue weighted by Crippen LogP contribution is -2.40. The minimum absolute atomic E-state index is 0.313. The number of hydrogen-bond acceptors (Lipinski definition) is 2. The van der Waals surface area contributed by atoms with Crippen molar-refractivity contribution < 1.29 is 5.11 Å². The van der Waals surface area contributed by atoms with Gasteiger partial charge in [0.25, 0.3) is 0 Å². The minimum Gasteiger partial charge on any atom is -0.396 e. The van der Waals surface area contributed by atoms with Crippen LogP contribution in [0.3, 0.4) is 0 Å². The second kappa shape index (κ2) is 7.34. The Labute approximate surface area is 82.9 Å². The second-order valence-corrected chi connectivity index (χ2v) is 3.88. The number of hydrogen-bond donors (Lipinski definition) is 1. The molecule has 0 aromatic carbocycles. The first-order valence-corrected chi connectivity index (χ1v) is 5.53. The highest BCUT2D eigenvalue weighted by atomic mass is 16.3. The predicted molar refractivity (Wildman–Crippen MR) is 57.9 cm³/mol. The highest BCUT2D eigenvalue weighted by Gasteiger charge is 2.17. The van der Waals surface area contributed by atoms with E-state index in [-0.39, 0.29) is 0 Å². The summed E-state index contributed by atoms with van der Waals surface area (Å²) in [5.74, 6) is 0. The van der Waals surface area contributed by atoms with E-state index in [2.05, 4.69) is 32.6 Å². The molecule has 1 N–H and O–H groups in total. The quantitative estimate of drug-likeness (QED) is 0.661. The average Bonchev–Trinajstić information content (AvgIpc) is 2.05. The highest BCUT2D eigenvalue weighted by Crippen LogP contribution is 2.13. The monoisotopic (exact) mass is 187 g/mol. The fraction of sp³-hybridized carbons (Fsp3) is 1.00. The lowest BCUT2D eigenvalue weighted by Gasteiger charge is -2.33. The summed E-state index contributed by atoms with van der Waals surface area (Å²) in [6.07, 6.45) is 3.32. The van der Waals surface area contributed by atoms with Crippen LogP contribution in [-0.2, 0) is 0 Å². The molecule has 0 rings (SSSR count). The van der Waals surface area contributed by atoms with Crippen molar-refractivity contribution in [3.05, 3.63) is 0 Å². The first-order valence-electron chi connectivity index (χ1n) is 5.53. The molecule has 2 heteroatoms. The summed E-state index contributed by atoms with van der Waals surface area (Å²) in [4.78, 5) is 2.47. The molecular formula is C11H25NO. The Hall–Kier alpha value is -0.0800.